The highest BCUT2D eigenvalue weighted by molar-refractivity contribution is 5.84. The maximum atomic E-state index is 12.3. The normalized spacial score (nSPS) is 19.5. The average Bonchev–Trinajstić information content (AvgIpc) is 2.83. The van der Waals surface area contributed by atoms with Gasteiger partial charge in [0.15, 0.2) is 0 Å². The molecule has 1 N–H and O–H groups in total. The topological polar surface area (TPSA) is 50.2 Å². The van der Waals surface area contributed by atoms with Crippen LogP contribution in [0.25, 0.3) is 0 Å². The van der Waals surface area contributed by atoms with Crippen LogP contribution < -0.4 is 5.32 Å². The summed E-state index contributed by atoms with van der Waals surface area (Å²) >= 11 is 0. The van der Waals surface area contributed by atoms with Gasteiger partial charge in [-0.3, -0.25) is 9.48 Å². The van der Waals surface area contributed by atoms with Crippen molar-refractivity contribution < 1.29 is 4.79 Å². The van der Waals surface area contributed by atoms with E-state index in [0.29, 0.717) is 6.54 Å². The summed E-state index contributed by atoms with van der Waals surface area (Å²) < 4.78 is 1.89. The molecule has 2 rings (SSSR count). The van der Waals surface area contributed by atoms with Gasteiger partial charge in [-0.05, 0) is 33.2 Å². The Balaban J connectivity index is 2.02. The van der Waals surface area contributed by atoms with E-state index >= 15 is 0 Å². The Labute approximate surface area is 115 Å². The Morgan fingerprint density at radius 3 is 2.74 bits per heavy atom. The van der Waals surface area contributed by atoms with Gasteiger partial charge in [-0.25, -0.2) is 0 Å². The molecule has 5 heteroatoms. The second-order valence-corrected chi connectivity index (χ2v) is 5.33. The van der Waals surface area contributed by atoms with Crippen LogP contribution in [0.15, 0.2) is 0 Å². The number of hydrogen-bond donors (Lipinski definition) is 1. The molecular formula is C14H24N4O. The molecule has 1 aliphatic heterocycles. The van der Waals surface area contributed by atoms with E-state index in [1.165, 1.54) is 5.56 Å². The van der Waals surface area contributed by atoms with Gasteiger partial charge in [0.2, 0.25) is 5.91 Å². The van der Waals surface area contributed by atoms with Crippen molar-refractivity contribution in [2.75, 3.05) is 13.1 Å². The number of aromatic nitrogens is 2. The highest BCUT2D eigenvalue weighted by Crippen LogP contribution is 2.19. The Morgan fingerprint density at radius 2 is 2.16 bits per heavy atom. The van der Waals surface area contributed by atoms with E-state index in [1.54, 1.807) is 0 Å². The maximum Gasteiger partial charge on any atom is 0.240 e. The number of likely N-dealkylation sites (tertiary alicyclic amines) is 1. The minimum absolute atomic E-state index is 0.0113. The van der Waals surface area contributed by atoms with Gasteiger partial charge in [0.05, 0.1) is 11.7 Å². The molecule has 1 aliphatic rings. The SMILES string of the molecule is CCCNC1CCN(Cc2c(C)nn(C)c2C)C1=O. The van der Waals surface area contributed by atoms with E-state index in [-0.39, 0.29) is 11.9 Å². The summed E-state index contributed by atoms with van der Waals surface area (Å²) in [6.07, 6.45) is 1.97. The molecule has 1 unspecified atom stereocenters. The number of carbonyl (C=O) groups excluding carboxylic acids is 1. The van der Waals surface area contributed by atoms with E-state index in [2.05, 4.69) is 24.3 Å². The maximum absolute atomic E-state index is 12.3. The third-order valence-corrected chi connectivity index (χ3v) is 3.95. The Kier molecular flexibility index (Phi) is 4.24. The van der Waals surface area contributed by atoms with Crippen LogP contribution in [-0.2, 0) is 18.4 Å². The van der Waals surface area contributed by atoms with E-state index < -0.39 is 0 Å². The van der Waals surface area contributed by atoms with Crippen LogP contribution in [0.2, 0.25) is 0 Å². The molecule has 1 aromatic rings. The highest BCUT2D eigenvalue weighted by Gasteiger charge is 2.31. The van der Waals surface area contributed by atoms with E-state index in [4.69, 9.17) is 0 Å². The number of carbonyl (C=O) groups is 1. The van der Waals surface area contributed by atoms with Crippen molar-refractivity contribution in [1.82, 2.24) is 20.0 Å². The van der Waals surface area contributed by atoms with Crippen molar-refractivity contribution in [2.24, 2.45) is 7.05 Å². The van der Waals surface area contributed by atoms with Crippen LogP contribution in [-0.4, -0.2) is 39.7 Å². The van der Waals surface area contributed by atoms with Gasteiger partial charge >= 0.3 is 0 Å². The van der Waals surface area contributed by atoms with Crippen LogP contribution in [0.1, 0.15) is 36.7 Å². The van der Waals surface area contributed by atoms with Gasteiger partial charge in [-0.2, -0.15) is 5.10 Å². The number of aryl methyl sites for hydroxylation is 2. The number of nitrogens with one attached hydrogen (secondary N) is 1. The first-order valence-corrected chi connectivity index (χ1v) is 7.05. The summed E-state index contributed by atoms with van der Waals surface area (Å²) in [5, 5.41) is 7.73. The van der Waals surface area contributed by atoms with Gasteiger partial charge in [0.1, 0.15) is 0 Å². The number of hydrogen-bond acceptors (Lipinski definition) is 3. The fourth-order valence-electron chi connectivity index (χ4n) is 2.64. The van der Waals surface area contributed by atoms with Crippen molar-refractivity contribution in [3.05, 3.63) is 17.0 Å². The van der Waals surface area contributed by atoms with Crippen molar-refractivity contribution >= 4 is 5.91 Å². The van der Waals surface area contributed by atoms with Crippen molar-refractivity contribution in [1.29, 1.82) is 0 Å². The Morgan fingerprint density at radius 1 is 1.42 bits per heavy atom. The van der Waals surface area contributed by atoms with Crippen LogP contribution in [0, 0.1) is 13.8 Å². The summed E-state index contributed by atoms with van der Waals surface area (Å²) in [7, 11) is 1.95. The molecule has 106 valence electrons. The second kappa shape index (κ2) is 5.74. The molecule has 0 spiro atoms. The minimum atomic E-state index is 0.0113. The zero-order valence-electron chi connectivity index (χ0n) is 12.4. The lowest BCUT2D eigenvalue weighted by Crippen LogP contribution is -2.38. The smallest absolute Gasteiger partial charge is 0.240 e. The van der Waals surface area contributed by atoms with Crippen LogP contribution >= 0.6 is 0 Å². The molecule has 0 aliphatic carbocycles. The molecule has 0 bridgehead atoms. The number of nitrogens with zero attached hydrogens (tertiary/aromatic N) is 3. The monoisotopic (exact) mass is 264 g/mol. The molecule has 1 saturated heterocycles. The zero-order chi connectivity index (χ0) is 14.0. The lowest BCUT2D eigenvalue weighted by molar-refractivity contribution is -0.129. The fourth-order valence-corrected chi connectivity index (χ4v) is 2.64. The van der Waals surface area contributed by atoms with Crippen LogP contribution in [0.3, 0.4) is 0 Å². The Bertz CT molecular complexity index is 466. The summed E-state index contributed by atoms with van der Waals surface area (Å²) in [5.74, 6) is 0.233. The molecule has 5 nitrogen and oxygen atoms in total. The molecule has 1 amide bonds. The molecule has 19 heavy (non-hydrogen) atoms. The first-order chi connectivity index (χ1) is 9.04. The van der Waals surface area contributed by atoms with Crippen LogP contribution in [0.4, 0.5) is 0 Å². The van der Waals surface area contributed by atoms with Gasteiger partial charge in [0.25, 0.3) is 0 Å². The third-order valence-electron chi connectivity index (χ3n) is 3.95. The second-order valence-electron chi connectivity index (χ2n) is 5.33. The highest BCUT2D eigenvalue weighted by atomic mass is 16.2. The molecule has 1 fully saturated rings. The zero-order valence-corrected chi connectivity index (χ0v) is 12.4. The third kappa shape index (κ3) is 2.81. The molecule has 0 radical (unpaired) electrons. The van der Waals surface area contributed by atoms with Crippen LogP contribution in [0.5, 0.6) is 0 Å². The number of amides is 1. The standard InChI is InChI=1S/C14H24N4O/c1-5-7-15-13-6-8-18(14(13)19)9-12-10(2)16-17(4)11(12)3/h13,15H,5-9H2,1-4H3. The summed E-state index contributed by atoms with van der Waals surface area (Å²) in [6, 6.07) is 0.0113. The Hall–Kier alpha value is -1.36. The fraction of sp³-hybridized carbons (Fsp3) is 0.714. The van der Waals surface area contributed by atoms with Gasteiger partial charge in [0, 0.05) is 31.4 Å². The first-order valence-electron chi connectivity index (χ1n) is 7.05. The predicted octanol–water partition coefficient (Wildman–Crippen LogP) is 1.14. The van der Waals surface area contributed by atoms with E-state index in [9.17, 15) is 4.79 Å². The first kappa shape index (κ1) is 14.1. The van der Waals surface area contributed by atoms with Crippen molar-refractivity contribution in [3.63, 3.8) is 0 Å². The quantitative estimate of drug-likeness (QED) is 0.867. The minimum Gasteiger partial charge on any atom is -0.337 e. The van der Waals surface area contributed by atoms with Crippen molar-refractivity contribution in [3.8, 4) is 0 Å². The summed E-state index contributed by atoms with van der Waals surface area (Å²) in [6.45, 7) is 8.63. The molecule has 2 heterocycles. The van der Waals surface area contributed by atoms with Gasteiger partial charge < -0.3 is 10.2 Å². The molecule has 1 aromatic heterocycles. The van der Waals surface area contributed by atoms with Gasteiger partial charge in [-0.15, -0.1) is 0 Å². The summed E-state index contributed by atoms with van der Waals surface area (Å²) in [4.78, 5) is 14.2. The van der Waals surface area contributed by atoms with Gasteiger partial charge in [-0.1, -0.05) is 6.92 Å². The predicted molar refractivity (Wildman–Crippen MR) is 74.8 cm³/mol. The molecule has 1 atom stereocenters. The lowest BCUT2D eigenvalue weighted by atomic mass is 10.2. The molecule has 0 saturated carbocycles. The number of rotatable bonds is 5. The van der Waals surface area contributed by atoms with Crippen molar-refractivity contribution in [2.45, 2.75) is 46.2 Å². The molecule has 0 aromatic carbocycles. The average molecular weight is 264 g/mol. The van der Waals surface area contributed by atoms with E-state index in [1.807, 2.05) is 23.6 Å². The van der Waals surface area contributed by atoms with E-state index in [0.717, 1.165) is 37.3 Å². The largest absolute Gasteiger partial charge is 0.337 e. The molecular weight excluding hydrogens is 240 g/mol. The summed E-state index contributed by atoms with van der Waals surface area (Å²) in [5.41, 5.74) is 3.36. The lowest BCUT2D eigenvalue weighted by Gasteiger charge is -2.17.